The average Bonchev–Trinajstić information content (AvgIpc) is 2.91. The van der Waals surface area contributed by atoms with Gasteiger partial charge in [-0.05, 0) is 48.1 Å². The predicted molar refractivity (Wildman–Crippen MR) is 86.6 cm³/mol. The zero-order chi connectivity index (χ0) is 14.7. The molecule has 0 aliphatic carbocycles. The molecule has 0 atom stereocenters. The fourth-order valence-corrected chi connectivity index (χ4v) is 3.93. The molecule has 4 heteroatoms. The summed E-state index contributed by atoms with van der Waals surface area (Å²) in [5, 5.41) is 13.0. The molecule has 1 aliphatic heterocycles. The third kappa shape index (κ3) is 3.44. The Kier molecular flexibility index (Phi) is 4.56. The van der Waals surface area contributed by atoms with Gasteiger partial charge in [0.2, 0.25) is 5.91 Å². The minimum absolute atomic E-state index is 0.216. The van der Waals surface area contributed by atoms with Crippen LogP contribution in [0, 0.1) is 0 Å². The third-order valence-corrected chi connectivity index (χ3v) is 5.23. The monoisotopic (exact) mass is 303 g/mol. The SMILES string of the molecule is O=C(CCCc1csc2ccccc12)N1CCC(O)CC1. The number of aryl methyl sites for hydroxylation is 1. The number of nitrogens with zero attached hydrogens (tertiary/aromatic N) is 1. The molecule has 112 valence electrons. The van der Waals surface area contributed by atoms with Crippen molar-refractivity contribution in [3.8, 4) is 0 Å². The van der Waals surface area contributed by atoms with Gasteiger partial charge in [0.05, 0.1) is 6.10 Å². The second kappa shape index (κ2) is 6.58. The first-order valence-corrected chi connectivity index (χ1v) is 8.53. The highest BCUT2D eigenvalue weighted by Gasteiger charge is 2.20. The summed E-state index contributed by atoms with van der Waals surface area (Å²) < 4.78 is 1.32. The minimum Gasteiger partial charge on any atom is -0.393 e. The van der Waals surface area contributed by atoms with E-state index in [0.29, 0.717) is 19.5 Å². The number of carbonyl (C=O) groups is 1. The maximum Gasteiger partial charge on any atom is 0.222 e. The molecular weight excluding hydrogens is 282 g/mol. The van der Waals surface area contributed by atoms with Crippen LogP contribution >= 0.6 is 11.3 Å². The van der Waals surface area contributed by atoms with Crippen molar-refractivity contribution < 1.29 is 9.90 Å². The number of rotatable bonds is 4. The van der Waals surface area contributed by atoms with Crippen molar-refractivity contribution in [2.24, 2.45) is 0 Å². The van der Waals surface area contributed by atoms with Crippen LogP contribution in [0.25, 0.3) is 10.1 Å². The first kappa shape index (κ1) is 14.5. The lowest BCUT2D eigenvalue weighted by molar-refractivity contribution is -0.133. The molecule has 2 aromatic rings. The summed E-state index contributed by atoms with van der Waals surface area (Å²) in [5.41, 5.74) is 1.36. The number of aliphatic hydroxyl groups excluding tert-OH is 1. The summed E-state index contributed by atoms with van der Waals surface area (Å²) in [4.78, 5) is 14.0. The smallest absolute Gasteiger partial charge is 0.222 e. The van der Waals surface area contributed by atoms with Crippen molar-refractivity contribution >= 4 is 27.3 Å². The molecule has 0 unspecified atom stereocenters. The summed E-state index contributed by atoms with van der Waals surface area (Å²) in [7, 11) is 0. The Morgan fingerprint density at radius 1 is 1.29 bits per heavy atom. The van der Waals surface area contributed by atoms with Crippen molar-refractivity contribution in [3.63, 3.8) is 0 Å². The summed E-state index contributed by atoms with van der Waals surface area (Å²) in [6.07, 6.45) is 3.71. The van der Waals surface area contributed by atoms with Gasteiger partial charge >= 0.3 is 0 Å². The van der Waals surface area contributed by atoms with Crippen LogP contribution in [-0.4, -0.2) is 35.1 Å². The van der Waals surface area contributed by atoms with Crippen LogP contribution in [-0.2, 0) is 11.2 Å². The molecule has 2 heterocycles. The first-order chi connectivity index (χ1) is 10.2. The molecule has 1 N–H and O–H groups in total. The molecular formula is C17H21NO2S. The third-order valence-electron chi connectivity index (χ3n) is 4.22. The molecule has 1 saturated heterocycles. The summed E-state index contributed by atoms with van der Waals surface area (Å²) in [5.74, 6) is 0.237. The van der Waals surface area contributed by atoms with Crippen molar-refractivity contribution in [1.82, 2.24) is 4.90 Å². The van der Waals surface area contributed by atoms with Crippen LogP contribution in [0.15, 0.2) is 29.6 Å². The van der Waals surface area contributed by atoms with Gasteiger partial charge in [-0.15, -0.1) is 11.3 Å². The zero-order valence-corrected chi connectivity index (χ0v) is 12.9. The van der Waals surface area contributed by atoms with Gasteiger partial charge in [0.25, 0.3) is 0 Å². The van der Waals surface area contributed by atoms with E-state index in [9.17, 15) is 9.90 Å². The van der Waals surface area contributed by atoms with Gasteiger partial charge in [0.1, 0.15) is 0 Å². The number of likely N-dealkylation sites (tertiary alicyclic amines) is 1. The summed E-state index contributed by atoms with van der Waals surface area (Å²) >= 11 is 1.78. The van der Waals surface area contributed by atoms with E-state index in [4.69, 9.17) is 0 Å². The van der Waals surface area contributed by atoms with E-state index in [1.807, 2.05) is 4.90 Å². The Bertz CT molecular complexity index is 614. The van der Waals surface area contributed by atoms with E-state index in [1.165, 1.54) is 15.6 Å². The van der Waals surface area contributed by atoms with Crippen LogP contribution in [0.4, 0.5) is 0 Å². The Balaban J connectivity index is 1.51. The van der Waals surface area contributed by atoms with Crippen LogP contribution in [0.2, 0.25) is 0 Å². The van der Waals surface area contributed by atoms with E-state index in [1.54, 1.807) is 11.3 Å². The maximum atomic E-state index is 12.1. The second-order valence-corrected chi connectivity index (χ2v) is 6.63. The van der Waals surface area contributed by atoms with E-state index < -0.39 is 0 Å². The molecule has 0 radical (unpaired) electrons. The van der Waals surface area contributed by atoms with Crippen LogP contribution in [0.1, 0.15) is 31.2 Å². The van der Waals surface area contributed by atoms with Gasteiger partial charge in [-0.3, -0.25) is 4.79 Å². The fourth-order valence-electron chi connectivity index (χ4n) is 2.93. The van der Waals surface area contributed by atoms with Crippen molar-refractivity contribution in [1.29, 1.82) is 0 Å². The molecule has 1 aliphatic rings. The second-order valence-electron chi connectivity index (χ2n) is 5.72. The quantitative estimate of drug-likeness (QED) is 0.942. The highest BCUT2D eigenvalue weighted by molar-refractivity contribution is 7.17. The van der Waals surface area contributed by atoms with E-state index in [2.05, 4.69) is 29.6 Å². The molecule has 21 heavy (non-hydrogen) atoms. The van der Waals surface area contributed by atoms with Gasteiger partial charge < -0.3 is 10.0 Å². The number of carbonyl (C=O) groups excluding carboxylic acids is 1. The average molecular weight is 303 g/mol. The Hall–Kier alpha value is -1.39. The fraction of sp³-hybridized carbons (Fsp3) is 0.471. The summed E-state index contributed by atoms with van der Waals surface area (Å²) in [6.45, 7) is 1.42. The molecule has 0 bridgehead atoms. The van der Waals surface area contributed by atoms with Crippen molar-refractivity contribution in [2.75, 3.05) is 13.1 Å². The zero-order valence-electron chi connectivity index (χ0n) is 12.1. The van der Waals surface area contributed by atoms with Crippen molar-refractivity contribution in [2.45, 2.75) is 38.2 Å². The molecule has 0 saturated carbocycles. The minimum atomic E-state index is -0.216. The molecule has 1 amide bonds. The normalized spacial score (nSPS) is 16.5. The largest absolute Gasteiger partial charge is 0.393 e. The number of fused-ring (bicyclic) bond motifs is 1. The lowest BCUT2D eigenvalue weighted by Crippen LogP contribution is -2.39. The number of aliphatic hydroxyl groups is 1. The molecule has 1 aromatic heterocycles. The van der Waals surface area contributed by atoms with Crippen LogP contribution in [0.3, 0.4) is 0 Å². The van der Waals surface area contributed by atoms with Gasteiger partial charge in [0, 0.05) is 24.2 Å². The van der Waals surface area contributed by atoms with Crippen LogP contribution in [0.5, 0.6) is 0 Å². The van der Waals surface area contributed by atoms with Gasteiger partial charge in [-0.25, -0.2) is 0 Å². The topological polar surface area (TPSA) is 40.5 Å². The first-order valence-electron chi connectivity index (χ1n) is 7.65. The molecule has 1 aromatic carbocycles. The maximum absolute atomic E-state index is 12.1. The van der Waals surface area contributed by atoms with E-state index in [-0.39, 0.29) is 12.0 Å². The molecule has 1 fully saturated rings. The number of amides is 1. The lowest BCUT2D eigenvalue weighted by Gasteiger charge is -2.29. The number of hydrogen-bond acceptors (Lipinski definition) is 3. The molecule has 3 nitrogen and oxygen atoms in total. The predicted octanol–water partition coefficient (Wildman–Crippen LogP) is 3.21. The lowest BCUT2D eigenvalue weighted by atomic mass is 10.0. The van der Waals surface area contributed by atoms with E-state index in [0.717, 1.165) is 25.7 Å². The highest BCUT2D eigenvalue weighted by atomic mass is 32.1. The number of piperidine rings is 1. The van der Waals surface area contributed by atoms with Crippen molar-refractivity contribution in [3.05, 3.63) is 35.2 Å². The van der Waals surface area contributed by atoms with Gasteiger partial charge in [-0.2, -0.15) is 0 Å². The van der Waals surface area contributed by atoms with Gasteiger partial charge in [-0.1, -0.05) is 18.2 Å². The van der Waals surface area contributed by atoms with E-state index >= 15 is 0 Å². The molecule has 3 rings (SSSR count). The standard InChI is InChI=1S/C17H21NO2S/c19-14-8-10-18(11-9-14)17(20)7-3-4-13-12-21-16-6-2-1-5-15(13)16/h1-2,5-6,12,14,19H,3-4,7-11H2. The highest BCUT2D eigenvalue weighted by Crippen LogP contribution is 2.26. The number of benzene rings is 1. The Labute approximate surface area is 129 Å². The Morgan fingerprint density at radius 3 is 2.86 bits per heavy atom. The van der Waals surface area contributed by atoms with Crippen LogP contribution < -0.4 is 0 Å². The van der Waals surface area contributed by atoms with Gasteiger partial charge in [0.15, 0.2) is 0 Å². The molecule has 0 spiro atoms. The summed E-state index contributed by atoms with van der Waals surface area (Å²) in [6, 6.07) is 8.45. The Morgan fingerprint density at radius 2 is 2.05 bits per heavy atom. The number of thiophene rings is 1. The number of hydrogen-bond donors (Lipinski definition) is 1.